The molecule has 152 valence electrons. The summed E-state index contributed by atoms with van der Waals surface area (Å²) in [6.07, 6.45) is 2.69. The SMILES string of the molecule is NS(=O)(=O)c1ccc(-c2coc(CCCC(=O)NO)c2-c2ccc(Cl)cc2)cc1. The number of rotatable bonds is 7. The van der Waals surface area contributed by atoms with E-state index >= 15 is 0 Å². The lowest BCUT2D eigenvalue weighted by Gasteiger charge is -2.08. The van der Waals surface area contributed by atoms with Gasteiger partial charge in [0.1, 0.15) is 5.76 Å². The minimum absolute atomic E-state index is 0.0213. The zero-order chi connectivity index (χ0) is 21.0. The number of sulfonamides is 1. The van der Waals surface area contributed by atoms with Crippen molar-refractivity contribution in [2.75, 3.05) is 0 Å². The lowest BCUT2D eigenvalue weighted by molar-refractivity contribution is -0.129. The van der Waals surface area contributed by atoms with Crippen molar-refractivity contribution < 1.29 is 22.8 Å². The van der Waals surface area contributed by atoms with Crippen molar-refractivity contribution in [3.63, 3.8) is 0 Å². The first-order valence-corrected chi connectivity index (χ1v) is 10.6. The standard InChI is InChI=1S/C20H19ClN2O5S/c21-15-8-4-14(5-9-15)20-17(12-28-18(20)2-1-3-19(24)23-25)13-6-10-16(11-7-13)29(22,26)27/h4-12,25H,1-3H2,(H,23,24)(H2,22,26,27). The molecule has 0 unspecified atom stereocenters. The minimum Gasteiger partial charge on any atom is -0.468 e. The zero-order valence-electron chi connectivity index (χ0n) is 15.3. The molecule has 7 nitrogen and oxygen atoms in total. The minimum atomic E-state index is -3.78. The van der Waals surface area contributed by atoms with Gasteiger partial charge in [0.15, 0.2) is 0 Å². The highest BCUT2D eigenvalue weighted by Gasteiger charge is 2.18. The molecule has 0 spiro atoms. The van der Waals surface area contributed by atoms with Crippen molar-refractivity contribution >= 4 is 27.5 Å². The molecule has 0 aliphatic rings. The summed E-state index contributed by atoms with van der Waals surface area (Å²) in [5.74, 6) is 0.201. The second-order valence-corrected chi connectivity index (χ2v) is 8.41. The lowest BCUT2D eigenvalue weighted by Crippen LogP contribution is -2.18. The number of primary sulfonamides is 1. The van der Waals surface area contributed by atoms with Gasteiger partial charge in [-0.05, 0) is 41.8 Å². The molecule has 1 heterocycles. The highest BCUT2D eigenvalue weighted by atomic mass is 35.5. The van der Waals surface area contributed by atoms with Crippen LogP contribution in [0, 0.1) is 0 Å². The van der Waals surface area contributed by atoms with Gasteiger partial charge in [-0.1, -0.05) is 35.9 Å². The van der Waals surface area contributed by atoms with E-state index < -0.39 is 15.9 Å². The van der Waals surface area contributed by atoms with Gasteiger partial charge in [0.2, 0.25) is 15.9 Å². The normalized spacial score (nSPS) is 11.4. The number of furan rings is 1. The van der Waals surface area contributed by atoms with Crippen LogP contribution in [0.2, 0.25) is 5.02 Å². The van der Waals surface area contributed by atoms with Crippen molar-refractivity contribution in [1.82, 2.24) is 5.48 Å². The molecule has 0 atom stereocenters. The molecule has 3 rings (SSSR count). The van der Waals surface area contributed by atoms with Gasteiger partial charge in [0.05, 0.1) is 11.2 Å². The molecule has 0 bridgehead atoms. The Kier molecular flexibility index (Phi) is 6.39. The fourth-order valence-electron chi connectivity index (χ4n) is 3.02. The van der Waals surface area contributed by atoms with Crippen LogP contribution >= 0.6 is 11.6 Å². The molecule has 0 radical (unpaired) electrons. The van der Waals surface area contributed by atoms with Crippen LogP contribution in [0.5, 0.6) is 0 Å². The van der Waals surface area contributed by atoms with Crippen LogP contribution in [-0.4, -0.2) is 19.5 Å². The van der Waals surface area contributed by atoms with Gasteiger partial charge in [-0.25, -0.2) is 19.0 Å². The smallest absolute Gasteiger partial charge is 0.243 e. The van der Waals surface area contributed by atoms with E-state index in [2.05, 4.69) is 0 Å². The van der Waals surface area contributed by atoms with Crippen LogP contribution in [0.4, 0.5) is 0 Å². The number of aryl methyl sites for hydroxylation is 1. The van der Waals surface area contributed by atoms with Gasteiger partial charge in [-0.2, -0.15) is 0 Å². The number of carbonyl (C=O) groups excluding carboxylic acids is 1. The summed E-state index contributed by atoms with van der Waals surface area (Å²) in [6, 6.07) is 13.4. The molecule has 0 saturated carbocycles. The topological polar surface area (TPSA) is 123 Å². The number of nitrogens with one attached hydrogen (secondary N) is 1. The zero-order valence-corrected chi connectivity index (χ0v) is 16.8. The molecule has 1 aromatic heterocycles. The van der Waals surface area contributed by atoms with E-state index in [1.165, 1.54) is 12.1 Å². The molecule has 0 fully saturated rings. The van der Waals surface area contributed by atoms with Crippen LogP contribution in [0.3, 0.4) is 0 Å². The van der Waals surface area contributed by atoms with Gasteiger partial charge in [-0.15, -0.1) is 0 Å². The van der Waals surface area contributed by atoms with Crippen LogP contribution in [0.15, 0.2) is 64.1 Å². The highest BCUT2D eigenvalue weighted by molar-refractivity contribution is 7.89. The van der Waals surface area contributed by atoms with E-state index in [4.69, 9.17) is 26.4 Å². The summed E-state index contributed by atoms with van der Waals surface area (Å²) in [5.41, 5.74) is 4.84. The number of hydrogen-bond donors (Lipinski definition) is 3. The molecular formula is C20H19ClN2O5S. The van der Waals surface area contributed by atoms with Crippen LogP contribution in [-0.2, 0) is 21.2 Å². The molecular weight excluding hydrogens is 416 g/mol. The second-order valence-electron chi connectivity index (χ2n) is 6.41. The summed E-state index contributed by atoms with van der Waals surface area (Å²) in [6.45, 7) is 0. The Morgan fingerprint density at radius 1 is 1.07 bits per heavy atom. The quantitative estimate of drug-likeness (QED) is 0.386. The average Bonchev–Trinajstić information content (AvgIpc) is 3.11. The molecule has 0 saturated heterocycles. The Morgan fingerprint density at radius 2 is 1.69 bits per heavy atom. The predicted molar refractivity (Wildman–Crippen MR) is 109 cm³/mol. The molecule has 0 aliphatic carbocycles. The predicted octanol–water partition coefficient (Wildman–Crippen LogP) is 3.74. The van der Waals surface area contributed by atoms with E-state index in [1.54, 1.807) is 36.0 Å². The molecule has 9 heteroatoms. The molecule has 29 heavy (non-hydrogen) atoms. The first-order chi connectivity index (χ1) is 13.8. The summed E-state index contributed by atoms with van der Waals surface area (Å²) in [7, 11) is -3.78. The third kappa shape index (κ3) is 5.04. The number of benzene rings is 2. The third-order valence-electron chi connectivity index (χ3n) is 4.43. The summed E-state index contributed by atoms with van der Waals surface area (Å²) < 4.78 is 28.8. The highest BCUT2D eigenvalue weighted by Crippen LogP contribution is 2.38. The van der Waals surface area contributed by atoms with Crippen molar-refractivity contribution in [3.05, 3.63) is 65.6 Å². The first kappa shape index (κ1) is 21.1. The maximum atomic E-state index is 11.5. The van der Waals surface area contributed by atoms with Crippen LogP contribution in [0.1, 0.15) is 18.6 Å². The van der Waals surface area contributed by atoms with Crippen molar-refractivity contribution in [1.29, 1.82) is 0 Å². The number of hydrogen-bond acceptors (Lipinski definition) is 5. The summed E-state index contributed by atoms with van der Waals surface area (Å²) >= 11 is 6.00. The fraction of sp³-hybridized carbons (Fsp3) is 0.150. The largest absolute Gasteiger partial charge is 0.468 e. The van der Waals surface area contributed by atoms with Crippen molar-refractivity contribution in [3.8, 4) is 22.3 Å². The number of nitrogens with two attached hydrogens (primary N) is 1. The van der Waals surface area contributed by atoms with E-state index in [0.717, 1.165) is 22.3 Å². The van der Waals surface area contributed by atoms with Gasteiger partial charge < -0.3 is 4.42 Å². The van der Waals surface area contributed by atoms with Gasteiger partial charge in [0.25, 0.3) is 0 Å². The van der Waals surface area contributed by atoms with Crippen molar-refractivity contribution in [2.45, 2.75) is 24.2 Å². The summed E-state index contributed by atoms with van der Waals surface area (Å²) in [5, 5.41) is 14.4. The van der Waals surface area contributed by atoms with Crippen LogP contribution < -0.4 is 10.6 Å². The number of carbonyl (C=O) groups is 1. The molecule has 4 N–H and O–H groups in total. The second kappa shape index (κ2) is 8.79. The van der Waals surface area contributed by atoms with Gasteiger partial charge in [-0.3, -0.25) is 10.0 Å². The van der Waals surface area contributed by atoms with Gasteiger partial charge in [0, 0.05) is 29.0 Å². The molecule has 2 aromatic carbocycles. The van der Waals surface area contributed by atoms with E-state index in [1.807, 2.05) is 12.1 Å². The lowest BCUT2D eigenvalue weighted by atomic mass is 9.95. The van der Waals surface area contributed by atoms with Gasteiger partial charge >= 0.3 is 0 Å². The maximum absolute atomic E-state index is 11.5. The van der Waals surface area contributed by atoms with E-state index in [-0.39, 0.29) is 11.3 Å². The third-order valence-corrected chi connectivity index (χ3v) is 5.61. The monoisotopic (exact) mass is 434 g/mol. The number of amides is 1. The Morgan fingerprint density at radius 3 is 2.28 bits per heavy atom. The van der Waals surface area contributed by atoms with E-state index in [9.17, 15) is 13.2 Å². The average molecular weight is 435 g/mol. The Balaban J connectivity index is 2.00. The van der Waals surface area contributed by atoms with Crippen LogP contribution in [0.25, 0.3) is 22.3 Å². The Hall–Kier alpha value is -2.65. The van der Waals surface area contributed by atoms with Crippen molar-refractivity contribution in [2.24, 2.45) is 5.14 Å². The maximum Gasteiger partial charge on any atom is 0.243 e. The molecule has 3 aromatic rings. The molecule has 0 aliphatic heterocycles. The van der Waals surface area contributed by atoms with E-state index in [0.29, 0.717) is 23.6 Å². The Bertz CT molecular complexity index is 1110. The summed E-state index contributed by atoms with van der Waals surface area (Å²) in [4.78, 5) is 11.3. The number of halogens is 1. The number of hydroxylamine groups is 1. The molecule has 1 amide bonds. The Labute approximate surface area is 173 Å². The fourth-order valence-corrected chi connectivity index (χ4v) is 3.66. The first-order valence-electron chi connectivity index (χ1n) is 8.72.